The number of carbonyl (C=O) groups excluding carboxylic acids is 1. The molecule has 6 heteroatoms. The third-order valence-corrected chi connectivity index (χ3v) is 4.36. The fraction of sp³-hybridized carbons (Fsp3) is 0.412. The molecule has 1 aromatic carbocycles. The number of nitrogens with zero attached hydrogens (tertiary/aromatic N) is 1. The van der Waals surface area contributed by atoms with Gasteiger partial charge in [0.1, 0.15) is 5.56 Å². The van der Waals surface area contributed by atoms with Crippen molar-refractivity contribution in [3.63, 3.8) is 0 Å². The number of amides is 1. The summed E-state index contributed by atoms with van der Waals surface area (Å²) in [6, 6.07) is 5.13. The van der Waals surface area contributed by atoms with Gasteiger partial charge in [-0.1, -0.05) is 11.6 Å². The molecule has 1 N–H and O–H groups in total. The van der Waals surface area contributed by atoms with E-state index in [1.54, 1.807) is 24.4 Å². The first-order valence-corrected chi connectivity index (χ1v) is 8.19. The number of fused-ring (bicyclic) bond motifs is 1. The second-order valence-corrected chi connectivity index (χ2v) is 6.14. The fourth-order valence-electron chi connectivity index (χ4n) is 2.91. The summed E-state index contributed by atoms with van der Waals surface area (Å²) in [6.07, 6.45) is 3.40. The highest BCUT2D eigenvalue weighted by atomic mass is 35.5. The molecule has 1 amide bonds. The Kier molecular flexibility index (Phi) is 4.68. The first kappa shape index (κ1) is 16.0. The predicted molar refractivity (Wildman–Crippen MR) is 90.2 cm³/mol. The molecule has 3 rings (SSSR count). The van der Waals surface area contributed by atoms with Gasteiger partial charge in [-0.15, -0.1) is 0 Å². The third kappa shape index (κ3) is 3.26. The molecule has 1 fully saturated rings. The smallest absolute Gasteiger partial charge is 0.257 e. The normalized spacial score (nSPS) is 18.1. The molecule has 23 heavy (non-hydrogen) atoms. The van der Waals surface area contributed by atoms with E-state index in [1.165, 1.54) is 0 Å². The maximum Gasteiger partial charge on any atom is 0.257 e. The summed E-state index contributed by atoms with van der Waals surface area (Å²) < 4.78 is 7.25. The van der Waals surface area contributed by atoms with Crippen LogP contribution in [-0.2, 0) is 11.3 Å². The first-order valence-electron chi connectivity index (χ1n) is 7.81. The number of benzene rings is 1. The van der Waals surface area contributed by atoms with Crippen LogP contribution < -0.4 is 10.7 Å². The van der Waals surface area contributed by atoms with E-state index >= 15 is 0 Å². The Bertz CT molecular complexity index is 794. The van der Waals surface area contributed by atoms with E-state index in [2.05, 4.69) is 5.32 Å². The number of ether oxygens (including phenoxy) is 1. The second kappa shape index (κ2) is 6.72. The molecule has 1 unspecified atom stereocenters. The molecule has 122 valence electrons. The number of hydrogen-bond acceptors (Lipinski definition) is 3. The van der Waals surface area contributed by atoms with Gasteiger partial charge in [-0.2, -0.15) is 0 Å². The van der Waals surface area contributed by atoms with Crippen LogP contribution in [-0.4, -0.2) is 29.7 Å². The molecule has 0 radical (unpaired) electrons. The number of pyridine rings is 1. The number of halogens is 1. The van der Waals surface area contributed by atoms with E-state index in [9.17, 15) is 9.59 Å². The molecular formula is C17H19ClN2O3. The van der Waals surface area contributed by atoms with Gasteiger partial charge in [0.05, 0.1) is 18.2 Å². The van der Waals surface area contributed by atoms with Gasteiger partial charge in [-0.25, -0.2) is 0 Å². The minimum atomic E-state index is -0.352. The Balaban J connectivity index is 2.01. The molecule has 1 saturated heterocycles. The zero-order valence-electron chi connectivity index (χ0n) is 13.0. The Labute approximate surface area is 139 Å². The van der Waals surface area contributed by atoms with E-state index in [1.807, 2.05) is 11.5 Å². The van der Waals surface area contributed by atoms with Crippen LogP contribution in [0.15, 0.2) is 29.2 Å². The van der Waals surface area contributed by atoms with E-state index in [-0.39, 0.29) is 22.9 Å². The van der Waals surface area contributed by atoms with Crippen molar-refractivity contribution in [1.82, 2.24) is 9.88 Å². The van der Waals surface area contributed by atoms with Crippen molar-refractivity contribution in [3.8, 4) is 0 Å². The summed E-state index contributed by atoms with van der Waals surface area (Å²) in [4.78, 5) is 25.2. The van der Waals surface area contributed by atoms with Crippen LogP contribution in [0.5, 0.6) is 0 Å². The van der Waals surface area contributed by atoms with Crippen molar-refractivity contribution in [2.24, 2.45) is 0 Å². The zero-order chi connectivity index (χ0) is 16.4. The van der Waals surface area contributed by atoms with Gasteiger partial charge in [0.15, 0.2) is 0 Å². The lowest BCUT2D eigenvalue weighted by molar-refractivity contribution is 0.0623. The first-order chi connectivity index (χ1) is 11.1. The van der Waals surface area contributed by atoms with Crippen LogP contribution in [0.2, 0.25) is 5.02 Å². The number of nitrogens with one attached hydrogen (secondary N) is 1. The number of aryl methyl sites for hydroxylation is 1. The van der Waals surface area contributed by atoms with Crippen LogP contribution in [0, 0.1) is 0 Å². The summed E-state index contributed by atoms with van der Waals surface area (Å²) in [5.41, 5.74) is 0.632. The van der Waals surface area contributed by atoms with Crippen molar-refractivity contribution in [2.75, 3.05) is 13.2 Å². The Hall–Kier alpha value is -1.85. The summed E-state index contributed by atoms with van der Waals surface area (Å²) in [5, 5.41) is 3.84. The molecular weight excluding hydrogens is 316 g/mol. The quantitative estimate of drug-likeness (QED) is 0.938. The van der Waals surface area contributed by atoms with Crippen LogP contribution >= 0.6 is 11.6 Å². The molecule has 2 heterocycles. The summed E-state index contributed by atoms with van der Waals surface area (Å²) in [6.45, 7) is 3.84. The van der Waals surface area contributed by atoms with Gasteiger partial charge in [0.2, 0.25) is 5.43 Å². The molecule has 1 aliphatic heterocycles. The lowest BCUT2D eigenvalue weighted by Crippen LogP contribution is -2.42. The van der Waals surface area contributed by atoms with Crippen molar-refractivity contribution < 1.29 is 9.53 Å². The Morgan fingerprint density at radius 2 is 2.30 bits per heavy atom. The average molecular weight is 335 g/mol. The van der Waals surface area contributed by atoms with Crippen molar-refractivity contribution in [2.45, 2.75) is 32.4 Å². The number of aromatic nitrogens is 1. The SMILES string of the molecule is CCn1cc(C(=O)NC2CCCOC2)c(=O)c2cc(Cl)ccc21. The second-order valence-electron chi connectivity index (χ2n) is 5.71. The topological polar surface area (TPSA) is 60.3 Å². The van der Waals surface area contributed by atoms with Gasteiger partial charge in [0, 0.05) is 29.8 Å². The third-order valence-electron chi connectivity index (χ3n) is 4.12. The van der Waals surface area contributed by atoms with Gasteiger partial charge >= 0.3 is 0 Å². The van der Waals surface area contributed by atoms with Gasteiger partial charge in [-0.05, 0) is 38.0 Å². The average Bonchev–Trinajstić information content (AvgIpc) is 2.56. The van der Waals surface area contributed by atoms with E-state index in [4.69, 9.17) is 16.3 Å². The number of hydrogen-bond donors (Lipinski definition) is 1. The zero-order valence-corrected chi connectivity index (χ0v) is 13.7. The molecule has 0 saturated carbocycles. The van der Waals surface area contributed by atoms with Gasteiger partial charge in [-0.3, -0.25) is 9.59 Å². The summed E-state index contributed by atoms with van der Waals surface area (Å²) in [5.74, 6) is -0.352. The van der Waals surface area contributed by atoms with Crippen LogP contribution in [0.25, 0.3) is 10.9 Å². The summed E-state index contributed by atoms with van der Waals surface area (Å²) in [7, 11) is 0. The molecule has 1 aromatic heterocycles. The molecule has 2 aromatic rings. The molecule has 1 aliphatic rings. The fourth-order valence-corrected chi connectivity index (χ4v) is 3.08. The maximum absolute atomic E-state index is 12.7. The summed E-state index contributed by atoms with van der Waals surface area (Å²) >= 11 is 6.01. The van der Waals surface area contributed by atoms with Crippen LogP contribution in [0.1, 0.15) is 30.1 Å². The molecule has 0 aliphatic carbocycles. The van der Waals surface area contributed by atoms with Crippen molar-refractivity contribution >= 4 is 28.4 Å². The predicted octanol–water partition coefficient (Wildman–Crippen LogP) is 2.58. The van der Waals surface area contributed by atoms with Gasteiger partial charge in [0.25, 0.3) is 5.91 Å². The number of rotatable bonds is 3. The van der Waals surface area contributed by atoms with Gasteiger partial charge < -0.3 is 14.6 Å². The maximum atomic E-state index is 12.7. The Morgan fingerprint density at radius 3 is 3.00 bits per heavy atom. The Morgan fingerprint density at radius 1 is 1.48 bits per heavy atom. The highest BCUT2D eigenvalue weighted by molar-refractivity contribution is 6.31. The molecule has 5 nitrogen and oxygen atoms in total. The molecule has 0 spiro atoms. The van der Waals surface area contributed by atoms with E-state index in [0.717, 1.165) is 25.0 Å². The minimum Gasteiger partial charge on any atom is -0.379 e. The monoisotopic (exact) mass is 334 g/mol. The van der Waals surface area contributed by atoms with E-state index in [0.29, 0.717) is 23.6 Å². The highest BCUT2D eigenvalue weighted by Gasteiger charge is 2.20. The lowest BCUT2D eigenvalue weighted by atomic mass is 10.1. The van der Waals surface area contributed by atoms with Crippen LogP contribution in [0.4, 0.5) is 0 Å². The van der Waals surface area contributed by atoms with E-state index < -0.39 is 0 Å². The number of carbonyl (C=O) groups is 1. The lowest BCUT2D eigenvalue weighted by Gasteiger charge is -2.23. The van der Waals surface area contributed by atoms with Crippen molar-refractivity contribution in [3.05, 3.63) is 45.2 Å². The molecule has 0 bridgehead atoms. The van der Waals surface area contributed by atoms with Crippen LogP contribution in [0.3, 0.4) is 0 Å². The molecule has 1 atom stereocenters. The minimum absolute atomic E-state index is 0.0409. The van der Waals surface area contributed by atoms with Crippen molar-refractivity contribution in [1.29, 1.82) is 0 Å². The highest BCUT2D eigenvalue weighted by Crippen LogP contribution is 2.18. The largest absolute Gasteiger partial charge is 0.379 e. The standard InChI is InChI=1S/C17H19ClN2O3/c1-2-20-9-14(17(22)19-12-4-3-7-23-10-12)16(21)13-8-11(18)5-6-15(13)20/h5-6,8-9,12H,2-4,7,10H2,1H3,(H,19,22).